The number of aromatic nitrogens is 3. The number of primary amides is 1. The Labute approximate surface area is 180 Å². The largest absolute Gasteiger partial charge is 0.463 e. The van der Waals surface area contributed by atoms with Gasteiger partial charge in [-0.3, -0.25) is 14.0 Å². The van der Waals surface area contributed by atoms with E-state index in [0.29, 0.717) is 36.2 Å². The van der Waals surface area contributed by atoms with Gasteiger partial charge in [0.25, 0.3) is 11.8 Å². The quantitative estimate of drug-likeness (QED) is 0.614. The predicted octanol–water partition coefficient (Wildman–Crippen LogP) is 1.97. The van der Waals surface area contributed by atoms with E-state index in [4.69, 9.17) is 10.2 Å². The van der Waals surface area contributed by atoms with Crippen LogP contribution in [0.5, 0.6) is 0 Å². The molecule has 10 heteroatoms. The van der Waals surface area contributed by atoms with Gasteiger partial charge in [0.1, 0.15) is 17.7 Å². The number of halogens is 1. The summed E-state index contributed by atoms with van der Waals surface area (Å²) in [4.78, 5) is 35.5. The summed E-state index contributed by atoms with van der Waals surface area (Å²) in [6.45, 7) is 5.39. The molecule has 30 heavy (non-hydrogen) atoms. The minimum Gasteiger partial charge on any atom is -0.463 e. The molecular formula is C20H25ClN6O3. The third kappa shape index (κ3) is 4.17. The first-order chi connectivity index (χ1) is 14.1. The Morgan fingerprint density at radius 2 is 2.10 bits per heavy atom. The van der Waals surface area contributed by atoms with E-state index in [9.17, 15) is 9.59 Å². The lowest BCUT2D eigenvalue weighted by molar-refractivity contribution is 0.0682. The van der Waals surface area contributed by atoms with Crippen molar-refractivity contribution in [3.8, 4) is 11.5 Å². The molecule has 0 spiro atoms. The SMILES string of the molecule is CCNCC1CCN(C(=O)c2cc(-c3ccco3)nc3c(C(N)=O)ncn23)CC1.Cl. The first kappa shape index (κ1) is 21.8. The predicted molar refractivity (Wildman–Crippen MR) is 114 cm³/mol. The summed E-state index contributed by atoms with van der Waals surface area (Å²) in [6.07, 6.45) is 4.85. The third-order valence-electron chi connectivity index (χ3n) is 5.31. The Morgan fingerprint density at radius 3 is 2.73 bits per heavy atom. The zero-order valence-electron chi connectivity index (χ0n) is 16.7. The van der Waals surface area contributed by atoms with Gasteiger partial charge < -0.3 is 20.4 Å². The summed E-state index contributed by atoms with van der Waals surface area (Å²) in [7, 11) is 0. The van der Waals surface area contributed by atoms with Crippen LogP contribution in [0.2, 0.25) is 0 Å². The van der Waals surface area contributed by atoms with Gasteiger partial charge in [-0.15, -0.1) is 12.4 Å². The van der Waals surface area contributed by atoms with E-state index in [-0.39, 0.29) is 29.7 Å². The van der Waals surface area contributed by atoms with Gasteiger partial charge in [0.05, 0.1) is 6.26 Å². The molecule has 0 radical (unpaired) electrons. The number of amides is 2. The Kier molecular flexibility index (Phi) is 6.73. The minimum atomic E-state index is -0.695. The molecule has 9 nitrogen and oxygen atoms in total. The maximum Gasteiger partial charge on any atom is 0.271 e. The van der Waals surface area contributed by atoms with Crippen molar-refractivity contribution in [1.29, 1.82) is 0 Å². The van der Waals surface area contributed by atoms with Gasteiger partial charge in [-0.2, -0.15) is 0 Å². The van der Waals surface area contributed by atoms with E-state index >= 15 is 0 Å². The number of nitrogens with two attached hydrogens (primary N) is 1. The molecule has 160 valence electrons. The number of piperidine rings is 1. The Bertz CT molecular complexity index is 1020. The van der Waals surface area contributed by atoms with Crippen molar-refractivity contribution in [3.05, 3.63) is 42.2 Å². The summed E-state index contributed by atoms with van der Waals surface area (Å²) in [5, 5.41) is 3.38. The molecule has 0 saturated carbocycles. The molecule has 1 saturated heterocycles. The van der Waals surface area contributed by atoms with Crippen molar-refractivity contribution >= 4 is 29.9 Å². The van der Waals surface area contributed by atoms with Crippen molar-refractivity contribution in [3.63, 3.8) is 0 Å². The van der Waals surface area contributed by atoms with Crippen LogP contribution in [0.4, 0.5) is 0 Å². The Balaban J connectivity index is 0.00000256. The number of likely N-dealkylation sites (tertiary alicyclic amines) is 1. The van der Waals surface area contributed by atoms with Gasteiger partial charge >= 0.3 is 0 Å². The molecule has 2 amide bonds. The second-order valence-electron chi connectivity index (χ2n) is 7.20. The zero-order chi connectivity index (χ0) is 20.4. The molecule has 1 fully saturated rings. The minimum absolute atomic E-state index is 0. The van der Waals surface area contributed by atoms with Gasteiger partial charge in [-0.05, 0) is 50.0 Å². The van der Waals surface area contributed by atoms with Crippen LogP contribution >= 0.6 is 12.4 Å². The third-order valence-corrected chi connectivity index (χ3v) is 5.31. The summed E-state index contributed by atoms with van der Waals surface area (Å²) in [6, 6.07) is 5.16. The number of carbonyl (C=O) groups is 2. The van der Waals surface area contributed by atoms with Crippen LogP contribution in [0, 0.1) is 5.92 Å². The van der Waals surface area contributed by atoms with Gasteiger partial charge in [-0.1, -0.05) is 6.92 Å². The summed E-state index contributed by atoms with van der Waals surface area (Å²) >= 11 is 0. The van der Waals surface area contributed by atoms with E-state index in [1.54, 1.807) is 18.2 Å². The van der Waals surface area contributed by atoms with Gasteiger partial charge in [-0.25, -0.2) is 9.97 Å². The first-order valence-corrected chi connectivity index (χ1v) is 9.80. The number of furan rings is 1. The topological polar surface area (TPSA) is 119 Å². The number of rotatable bonds is 6. The van der Waals surface area contributed by atoms with Crippen molar-refractivity contribution in [2.45, 2.75) is 19.8 Å². The van der Waals surface area contributed by atoms with Gasteiger partial charge in [0.15, 0.2) is 17.1 Å². The molecule has 3 N–H and O–H groups in total. The number of carbonyl (C=O) groups excluding carboxylic acids is 2. The molecule has 0 bridgehead atoms. The van der Waals surface area contributed by atoms with Crippen LogP contribution in [-0.2, 0) is 0 Å². The van der Waals surface area contributed by atoms with Crippen LogP contribution in [0.3, 0.4) is 0 Å². The van der Waals surface area contributed by atoms with Gasteiger partial charge in [0.2, 0.25) is 0 Å². The number of imidazole rings is 1. The smallest absolute Gasteiger partial charge is 0.271 e. The first-order valence-electron chi connectivity index (χ1n) is 9.80. The highest BCUT2D eigenvalue weighted by Gasteiger charge is 2.27. The number of fused-ring (bicyclic) bond motifs is 1. The highest BCUT2D eigenvalue weighted by molar-refractivity contribution is 5.99. The van der Waals surface area contributed by atoms with Crippen LogP contribution < -0.4 is 11.1 Å². The van der Waals surface area contributed by atoms with Crippen LogP contribution in [-0.4, -0.2) is 57.3 Å². The number of hydrogen-bond acceptors (Lipinski definition) is 6. The maximum atomic E-state index is 13.3. The highest BCUT2D eigenvalue weighted by Crippen LogP contribution is 2.24. The molecule has 3 aromatic rings. The van der Waals surface area contributed by atoms with E-state index in [2.05, 4.69) is 22.2 Å². The van der Waals surface area contributed by atoms with Crippen molar-refractivity contribution in [2.24, 2.45) is 11.7 Å². The summed E-state index contributed by atoms with van der Waals surface area (Å²) < 4.78 is 6.96. The fourth-order valence-electron chi connectivity index (χ4n) is 3.71. The van der Waals surface area contributed by atoms with Crippen LogP contribution in [0.25, 0.3) is 17.1 Å². The fourth-order valence-corrected chi connectivity index (χ4v) is 3.71. The van der Waals surface area contributed by atoms with E-state index in [1.807, 2.05) is 4.90 Å². The van der Waals surface area contributed by atoms with Crippen molar-refractivity contribution < 1.29 is 14.0 Å². The van der Waals surface area contributed by atoms with Crippen molar-refractivity contribution in [2.75, 3.05) is 26.2 Å². The molecule has 0 aliphatic carbocycles. The molecule has 0 aromatic carbocycles. The normalized spacial score (nSPS) is 14.6. The molecule has 4 heterocycles. The Morgan fingerprint density at radius 1 is 1.33 bits per heavy atom. The fraction of sp³-hybridized carbons (Fsp3) is 0.400. The average Bonchev–Trinajstić information content (AvgIpc) is 3.41. The highest BCUT2D eigenvalue weighted by atomic mass is 35.5. The lowest BCUT2D eigenvalue weighted by Gasteiger charge is -2.32. The summed E-state index contributed by atoms with van der Waals surface area (Å²) in [5.41, 5.74) is 6.55. The zero-order valence-corrected chi connectivity index (χ0v) is 17.5. The van der Waals surface area contributed by atoms with Crippen LogP contribution in [0.15, 0.2) is 35.2 Å². The van der Waals surface area contributed by atoms with Gasteiger partial charge in [0, 0.05) is 13.1 Å². The molecule has 4 rings (SSSR count). The molecular weight excluding hydrogens is 408 g/mol. The number of nitrogens with one attached hydrogen (secondary N) is 1. The lowest BCUT2D eigenvalue weighted by atomic mass is 9.96. The summed E-state index contributed by atoms with van der Waals surface area (Å²) in [5.74, 6) is 0.257. The number of hydrogen-bond donors (Lipinski definition) is 2. The van der Waals surface area contributed by atoms with E-state index in [1.165, 1.54) is 17.0 Å². The monoisotopic (exact) mass is 432 g/mol. The molecule has 1 aliphatic rings. The molecule has 0 unspecified atom stereocenters. The van der Waals surface area contributed by atoms with E-state index in [0.717, 1.165) is 25.9 Å². The van der Waals surface area contributed by atoms with Crippen LogP contribution in [0.1, 0.15) is 40.7 Å². The maximum absolute atomic E-state index is 13.3. The molecule has 1 aliphatic heterocycles. The standard InChI is InChI=1S/C20H24N6O3.ClH/c1-2-22-11-13-5-7-25(8-6-13)20(28)15-10-14(16-4-3-9-29-16)24-19-17(18(21)27)23-12-26(15)19;/h3-4,9-10,12-13,22H,2,5-8,11H2,1H3,(H2,21,27);1H. The Hall–Kier alpha value is -2.91. The average molecular weight is 433 g/mol. The second-order valence-corrected chi connectivity index (χ2v) is 7.20. The van der Waals surface area contributed by atoms with Crippen molar-refractivity contribution in [1.82, 2.24) is 24.6 Å². The number of nitrogens with zero attached hydrogens (tertiary/aromatic N) is 4. The lowest BCUT2D eigenvalue weighted by Crippen LogP contribution is -2.41. The molecule has 0 atom stereocenters. The second kappa shape index (κ2) is 9.27. The van der Waals surface area contributed by atoms with E-state index < -0.39 is 5.91 Å². The molecule has 3 aromatic heterocycles.